The van der Waals surface area contributed by atoms with Crippen LogP contribution in [0.15, 0.2) is 35.6 Å². The van der Waals surface area contributed by atoms with Crippen LogP contribution in [0.4, 0.5) is 0 Å². The lowest BCUT2D eigenvalue weighted by atomic mass is 9.78. The minimum Gasteiger partial charge on any atom is -0.325 e. The van der Waals surface area contributed by atoms with E-state index in [0.717, 1.165) is 11.3 Å². The maximum atomic E-state index is 12.5. The summed E-state index contributed by atoms with van der Waals surface area (Å²) in [6, 6.07) is 1.60. The van der Waals surface area contributed by atoms with Crippen molar-refractivity contribution in [2.45, 2.75) is 26.3 Å². The summed E-state index contributed by atoms with van der Waals surface area (Å²) in [5.74, 6) is 0.0174. The number of amides is 2. The Labute approximate surface area is 123 Å². The molecule has 2 amide bonds. The number of likely N-dealkylation sites (tertiary alicyclic amines) is 1. The largest absolute Gasteiger partial charge is 0.325 e. The maximum Gasteiger partial charge on any atom is 0.237 e. The molecule has 3 aliphatic rings. The highest BCUT2D eigenvalue weighted by Gasteiger charge is 2.55. The van der Waals surface area contributed by atoms with E-state index in [2.05, 4.69) is 18.3 Å². The summed E-state index contributed by atoms with van der Waals surface area (Å²) in [6.07, 6.45) is 8.32. The third-order valence-electron chi connectivity index (χ3n) is 4.53. The molecule has 1 saturated heterocycles. The first kappa shape index (κ1) is 13.6. The van der Waals surface area contributed by atoms with Crippen LogP contribution >= 0.6 is 0 Å². The van der Waals surface area contributed by atoms with Crippen LogP contribution in [0, 0.1) is 22.7 Å². The number of nitriles is 1. The van der Waals surface area contributed by atoms with Gasteiger partial charge in [-0.1, -0.05) is 25.2 Å². The Balaban J connectivity index is 2.06. The molecule has 108 valence electrons. The Morgan fingerprint density at radius 2 is 2.19 bits per heavy atom. The molecule has 1 aliphatic carbocycles. The number of fused-ring (bicyclic) bond motifs is 1. The molecule has 1 fully saturated rings. The van der Waals surface area contributed by atoms with Gasteiger partial charge in [-0.2, -0.15) is 5.26 Å². The molecule has 5 heteroatoms. The molecule has 0 saturated carbocycles. The van der Waals surface area contributed by atoms with Crippen LogP contribution in [0.3, 0.4) is 0 Å². The number of nitrogens with zero attached hydrogens (tertiary/aromatic N) is 2. The predicted octanol–water partition coefficient (Wildman–Crippen LogP) is 1.26. The predicted molar refractivity (Wildman–Crippen MR) is 76.5 cm³/mol. The molecule has 3 rings (SSSR count). The molecule has 2 aliphatic heterocycles. The van der Waals surface area contributed by atoms with Gasteiger partial charge in [0.25, 0.3) is 0 Å². The first-order valence-electron chi connectivity index (χ1n) is 7.07. The summed E-state index contributed by atoms with van der Waals surface area (Å²) in [6.45, 7) is 3.78. The van der Waals surface area contributed by atoms with Crippen LogP contribution in [0.25, 0.3) is 0 Å². The van der Waals surface area contributed by atoms with Crippen molar-refractivity contribution in [3.8, 4) is 6.07 Å². The zero-order chi connectivity index (χ0) is 15.2. The van der Waals surface area contributed by atoms with Crippen molar-refractivity contribution >= 4 is 11.8 Å². The minimum atomic E-state index is -0.785. The van der Waals surface area contributed by atoms with Gasteiger partial charge in [-0.25, -0.2) is 0 Å². The highest BCUT2D eigenvalue weighted by Crippen LogP contribution is 2.47. The molecule has 5 nitrogen and oxygen atoms in total. The number of carbonyl (C=O) groups excluding carboxylic acids is 2. The van der Waals surface area contributed by atoms with Crippen molar-refractivity contribution in [1.29, 1.82) is 5.26 Å². The average molecular weight is 283 g/mol. The van der Waals surface area contributed by atoms with Crippen molar-refractivity contribution in [2.75, 3.05) is 6.54 Å². The zero-order valence-electron chi connectivity index (χ0n) is 12.1. The lowest BCUT2D eigenvalue weighted by molar-refractivity contribution is -0.130. The molecule has 2 heterocycles. The fourth-order valence-corrected chi connectivity index (χ4v) is 3.34. The molecule has 3 unspecified atom stereocenters. The summed E-state index contributed by atoms with van der Waals surface area (Å²) in [4.78, 5) is 25.8. The van der Waals surface area contributed by atoms with E-state index in [1.165, 1.54) is 11.8 Å². The van der Waals surface area contributed by atoms with E-state index in [0.29, 0.717) is 12.3 Å². The van der Waals surface area contributed by atoms with Gasteiger partial charge in [0.05, 0.1) is 11.5 Å². The van der Waals surface area contributed by atoms with E-state index >= 15 is 0 Å². The molecule has 0 aromatic heterocycles. The number of hydrogen-bond donors (Lipinski definition) is 1. The Hall–Kier alpha value is -2.35. The second kappa shape index (κ2) is 4.59. The molecule has 0 aromatic carbocycles. The third-order valence-corrected chi connectivity index (χ3v) is 4.53. The van der Waals surface area contributed by atoms with Gasteiger partial charge in [-0.15, -0.1) is 0 Å². The number of nitrogens with one attached hydrogen (secondary N) is 1. The van der Waals surface area contributed by atoms with Crippen molar-refractivity contribution in [1.82, 2.24) is 10.2 Å². The van der Waals surface area contributed by atoms with Crippen molar-refractivity contribution in [2.24, 2.45) is 11.3 Å². The SMILES string of the molecule is CC(=O)N1CC2(CC1C#N)C(=O)NC1=C2C=CC(C)C=C1. The van der Waals surface area contributed by atoms with Gasteiger partial charge >= 0.3 is 0 Å². The van der Waals surface area contributed by atoms with Gasteiger partial charge < -0.3 is 10.2 Å². The Morgan fingerprint density at radius 1 is 1.48 bits per heavy atom. The van der Waals surface area contributed by atoms with Crippen LogP contribution in [0.5, 0.6) is 0 Å². The lowest BCUT2D eigenvalue weighted by Crippen LogP contribution is -2.38. The summed E-state index contributed by atoms with van der Waals surface area (Å²) in [5.41, 5.74) is 0.909. The van der Waals surface area contributed by atoms with Crippen LogP contribution in [-0.4, -0.2) is 29.3 Å². The number of allylic oxidation sites excluding steroid dienone is 4. The van der Waals surface area contributed by atoms with E-state index in [1.807, 2.05) is 24.3 Å². The van der Waals surface area contributed by atoms with Crippen LogP contribution in [0.2, 0.25) is 0 Å². The van der Waals surface area contributed by atoms with Gasteiger partial charge in [0.2, 0.25) is 11.8 Å². The van der Waals surface area contributed by atoms with Crippen molar-refractivity contribution in [3.05, 3.63) is 35.6 Å². The van der Waals surface area contributed by atoms with Crippen LogP contribution in [0.1, 0.15) is 20.3 Å². The van der Waals surface area contributed by atoms with Crippen LogP contribution < -0.4 is 5.32 Å². The molecule has 0 bridgehead atoms. The van der Waals surface area contributed by atoms with Gasteiger partial charge in [0.15, 0.2) is 0 Å². The first-order chi connectivity index (χ1) is 9.98. The fraction of sp³-hybridized carbons (Fsp3) is 0.438. The molecule has 0 aromatic rings. The number of carbonyl (C=O) groups is 2. The Kier molecular flexibility index (Phi) is 2.98. The summed E-state index contributed by atoms with van der Waals surface area (Å²) >= 11 is 0. The molecular formula is C16H17N3O2. The van der Waals surface area contributed by atoms with Crippen LogP contribution in [-0.2, 0) is 9.59 Å². The van der Waals surface area contributed by atoms with Crippen molar-refractivity contribution < 1.29 is 9.59 Å². The van der Waals surface area contributed by atoms with E-state index in [1.54, 1.807) is 0 Å². The van der Waals surface area contributed by atoms with E-state index < -0.39 is 11.5 Å². The Bertz CT molecular complexity index is 653. The molecule has 0 radical (unpaired) electrons. The molecule has 1 spiro atoms. The second-order valence-corrected chi connectivity index (χ2v) is 5.94. The zero-order valence-corrected chi connectivity index (χ0v) is 12.1. The summed E-state index contributed by atoms with van der Waals surface area (Å²) in [7, 11) is 0. The topological polar surface area (TPSA) is 73.2 Å². The van der Waals surface area contributed by atoms with E-state index in [4.69, 9.17) is 0 Å². The Morgan fingerprint density at radius 3 is 2.81 bits per heavy atom. The van der Waals surface area contributed by atoms with Gasteiger partial charge in [0.1, 0.15) is 6.04 Å². The molecule has 3 atom stereocenters. The maximum absolute atomic E-state index is 12.5. The highest BCUT2D eigenvalue weighted by molar-refractivity contribution is 5.94. The normalized spacial score (nSPS) is 34.0. The number of rotatable bonds is 0. The molecular weight excluding hydrogens is 266 g/mol. The van der Waals surface area contributed by atoms with Gasteiger partial charge in [-0.3, -0.25) is 9.59 Å². The number of hydrogen-bond acceptors (Lipinski definition) is 3. The first-order valence-corrected chi connectivity index (χ1v) is 7.07. The second-order valence-electron chi connectivity index (χ2n) is 5.94. The standard InChI is InChI=1S/C16H17N3O2/c1-10-3-5-13-14(6-4-10)18-15(21)16(13)7-12(8-17)19(9-16)11(2)20/h3-6,10,12H,7,9H2,1-2H3,(H,18,21). The van der Waals surface area contributed by atoms with Crippen molar-refractivity contribution in [3.63, 3.8) is 0 Å². The lowest BCUT2D eigenvalue weighted by Gasteiger charge is -2.23. The molecule has 21 heavy (non-hydrogen) atoms. The quantitative estimate of drug-likeness (QED) is 0.727. The average Bonchev–Trinajstić information content (AvgIpc) is 2.89. The van der Waals surface area contributed by atoms with E-state index in [9.17, 15) is 14.9 Å². The minimum absolute atomic E-state index is 0.111. The highest BCUT2D eigenvalue weighted by atomic mass is 16.2. The smallest absolute Gasteiger partial charge is 0.237 e. The monoisotopic (exact) mass is 283 g/mol. The molecule has 1 N–H and O–H groups in total. The third kappa shape index (κ3) is 1.90. The summed E-state index contributed by atoms with van der Waals surface area (Å²) < 4.78 is 0. The van der Waals surface area contributed by atoms with E-state index in [-0.39, 0.29) is 18.4 Å². The summed E-state index contributed by atoms with van der Waals surface area (Å²) in [5, 5.41) is 12.2. The van der Waals surface area contributed by atoms with Gasteiger partial charge in [0, 0.05) is 25.6 Å². The van der Waals surface area contributed by atoms with Gasteiger partial charge in [-0.05, 0) is 17.6 Å². The fourth-order valence-electron chi connectivity index (χ4n) is 3.34.